The fourth-order valence-corrected chi connectivity index (χ4v) is 4.18. The van der Waals surface area contributed by atoms with Gasteiger partial charge in [0, 0.05) is 0 Å². The first-order valence-electron chi connectivity index (χ1n) is 8.86. The second-order valence-corrected chi connectivity index (χ2v) is 7.13. The fraction of sp³-hybridized carbons (Fsp3) is 0.429. The van der Waals surface area contributed by atoms with Crippen LogP contribution in [0.4, 0.5) is 0 Å². The van der Waals surface area contributed by atoms with E-state index in [1.807, 2.05) is 12.1 Å². The maximum atomic E-state index is 10.1. The Morgan fingerprint density at radius 2 is 1.13 bits per heavy atom. The molecular weight excluding hydrogens is 284 g/mol. The van der Waals surface area contributed by atoms with Gasteiger partial charge in [-0.05, 0) is 84.7 Å². The summed E-state index contributed by atoms with van der Waals surface area (Å²) in [5.74, 6) is 1.98. The molecule has 0 amide bonds. The van der Waals surface area contributed by atoms with Gasteiger partial charge in [0.15, 0.2) is 0 Å². The van der Waals surface area contributed by atoms with Crippen LogP contribution in [0, 0.1) is 0 Å². The van der Waals surface area contributed by atoms with Crippen molar-refractivity contribution in [2.75, 3.05) is 0 Å². The molecule has 2 atom stereocenters. The van der Waals surface area contributed by atoms with Crippen molar-refractivity contribution in [1.82, 2.24) is 0 Å². The van der Waals surface area contributed by atoms with Crippen molar-refractivity contribution >= 4 is 0 Å². The van der Waals surface area contributed by atoms with Gasteiger partial charge in [-0.3, -0.25) is 0 Å². The van der Waals surface area contributed by atoms with E-state index in [2.05, 4.69) is 24.3 Å². The zero-order chi connectivity index (χ0) is 15.8. The minimum atomic E-state index is 0.442. The summed E-state index contributed by atoms with van der Waals surface area (Å²) in [4.78, 5) is 0. The Balaban J connectivity index is 1.74. The van der Waals surface area contributed by atoms with Gasteiger partial charge < -0.3 is 10.2 Å². The molecule has 2 aromatic carbocycles. The molecule has 0 aliphatic heterocycles. The summed E-state index contributed by atoms with van der Waals surface area (Å²) < 4.78 is 0. The molecule has 2 nitrogen and oxygen atoms in total. The maximum absolute atomic E-state index is 10.1. The van der Waals surface area contributed by atoms with Crippen molar-refractivity contribution in [3.05, 3.63) is 58.7 Å². The maximum Gasteiger partial charge on any atom is 0.118 e. The van der Waals surface area contributed by atoms with E-state index in [0.29, 0.717) is 23.3 Å². The Bertz CT molecular complexity index is 658. The summed E-state index contributed by atoms with van der Waals surface area (Å²) >= 11 is 0. The monoisotopic (exact) mass is 308 g/mol. The van der Waals surface area contributed by atoms with E-state index in [0.717, 1.165) is 43.2 Å². The molecule has 1 saturated carbocycles. The number of hydrogen-bond acceptors (Lipinski definition) is 2. The molecule has 2 aromatic rings. The molecule has 0 aromatic heterocycles. The minimum Gasteiger partial charge on any atom is -0.508 e. The lowest BCUT2D eigenvalue weighted by atomic mass is 9.66. The highest BCUT2D eigenvalue weighted by Crippen LogP contribution is 2.50. The standard InChI is InChI=1S/C21H24O2/c22-20-10-6-14-12-16(20)4-2-1-3-5-17-13-15(7-11-21(17)23)19-9-8-18(14)19/h6-7,10-13,18-19,22-23H,1-5,8-9H2. The molecule has 120 valence electrons. The summed E-state index contributed by atoms with van der Waals surface area (Å²) in [7, 11) is 0. The Labute approximate surface area is 137 Å². The van der Waals surface area contributed by atoms with Gasteiger partial charge in [0.25, 0.3) is 0 Å². The number of aromatic hydroxyl groups is 2. The normalized spacial score (nSPS) is 23.7. The molecule has 0 spiro atoms. The van der Waals surface area contributed by atoms with E-state index in [9.17, 15) is 10.2 Å². The lowest BCUT2D eigenvalue weighted by molar-refractivity contribution is 0.345. The van der Waals surface area contributed by atoms with Crippen molar-refractivity contribution in [2.45, 2.75) is 56.8 Å². The first kappa shape index (κ1) is 14.6. The van der Waals surface area contributed by atoms with Crippen molar-refractivity contribution in [1.29, 1.82) is 0 Å². The highest BCUT2D eigenvalue weighted by atomic mass is 16.3. The Morgan fingerprint density at radius 3 is 1.57 bits per heavy atom. The van der Waals surface area contributed by atoms with Crippen LogP contribution in [-0.4, -0.2) is 10.2 Å². The Morgan fingerprint density at radius 1 is 0.652 bits per heavy atom. The summed E-state index contributed by atoms with van der Waals surface area (Å²) in [6.07, 6.45) is 7.62. The first-order valence-corrected chi connectivity index (χ1v) is 8.86. The van der Waals surface area contributed by atoms with Crippen molar-refractivity contribution < 1.29 is 10.2 Å². The molecule has 2 unspecified atom stereocenters. The molecule has 2 aliphatic carbocycles. The smallest absolute Gasteiger partial charge is 0.118 e. The van der Waals surface area contributed by atoms with Gasteiger partial charge in [0.05, 0.1) is 0 Å². The van der Waals surface area contributed by atoms with Crippen LogP contribution in [0.5, 0.6) is 11.5 Å². The van der Waals surface area contributed by atoms with E-state index in [1.54, 1.807) is 0 Å². The van der Waals surface area contributed by atoms with Gasteiger partial charge in [-0.2, -0.15) is 0 Å². The number of phenolic OH excluding ortho intramolecular Hbond substituents is 2. The highest BCUT2D eigenvalue weighted by molar-refractivity contribution is 5.43. The third kappa shape index (κ3) is 2.71. The second-order valence-electron chi connectivity index (χ2n) is 7.13. The predicted octanol–water partition coefficient (Wildman–Crippen LogP) is 5.03. The van der Waals surface area contributed by atoms with Gasteiger partial charge in [-0.15, -0.1) is 0 Å². The molecule has 2 N–H and O–H groups in total. The summed E-state index contributed by atoms with van der Waals surface area (Å²) in [5.41, 5.74) is 4.93. The van der Waals surface area contributed by atoms with E-state index in [4.69, 9.17) is 0 Å². The molecule has 2 aliphatic rings. The average molecular weight is 308 g/mol. The van der Waals surface area contributed by atoms with Crippen molar-refractivity contribution in [2.24, 2.45) is 0 Å². The summed E-state index contributed by atoms with van der Waals surface area (Å²) in [6, 6.07) is 12.4. The van der Waals surface area contributed by atoms with Crippen molar-refractivity contribution in [3.8, 4) is 11.5 Å². The summed E-state index contributed by atoms with van der Waals surface area (Å²) in [5, 5.41) is 20.2. The quantitative estimate of drug-likeness (QED) is 0.716. The number of fused-ring (bicyclic) bond motifs is 7. The number of benzene rings is 2. The zero-order valence-corrected chi connectivity index (χ0v) is 13.5. The predicted molar refractivity (Wildman–Crippen MR) is 92.2 cm³/mol. The van der Waals surface area contributed by atoms with Crippen molar-refractivity contribution in [3.63, 3.8) is 0 Å². The molecule has 1 fully saturated rings. The SMILES string of the molecule is Oc1ccc2cc1CCCCCc1cc(ccc1O)C1CCC21. The van der Waals surface area contributed by atoms with Crippen LogP contribution in [0.25, 0.3) is 0 Å². The Kier molecular flexibility index (Phi) is 3.76. The fourth-order valence-electron chi connectivity index (χ4n) is 4.18. The molecule has 0 radical (unpaired) electrons. The topological polar surface area (TPSA) is 40.5 Å². The molecule has 4 bridgehead atoms. The molecular formula is C21H24O2. The van der Waals surface area contributed by atoms with Crippen LogP contribution in [0.2, 0.25) is 0 Å². The van der Waals surface area contributed by atoms with Gasteiger partial charge in [0.2, 0.25) is 0 Å². The summed E-state index contributed by atoms with van der Waals surface area (Å²) in [6.45, 7) is 0. The van der Waals surface area contributed by atoms with E-state index >= 15 is 0 Å². The number of aryl methyl sites for hydroxylation is 2. The third-order valence-corrected chi connectivity index (χ3v) is 5.73. The molecule has 0 heterocycles. The van der Waals surface area contributed by atoms with Gasteiger partial charge in [0.1, 0.15) is 11.5 Å². The van der Waals surface area contributed by atoms with Crippen LogP contribution in [-0.2, 0) is 12.8 Å². The molecule has 0 saturated heterocycles. The number of hydrogen-bond donors (Lipinski definition) is 2. The van der Waals surface area contributed by atoms with E-state index in [-0.39, 0.29) is 0 Å². The third-order valence-electron chi connectivity index (χ3n) is 5.73. The van der Waals surface area contributed by atoms with E-state index < -0.39 is 0 Å². The van der Waals surface area contributed by atoms with Crippen LogP contribution in [0.3, 0.4) is 0 Å². The van der Waals surface area contributed by atoms with Crippen LogP contribution in [0.1, 0.15) is 66.2 Å². The number of phenols is 2. The van der Waals surface area contributed by atoms with Gasteiger partial charge in [-0.1, -0.05) is 30.7 Å². The first-order chi connectivity index (χ1) is 11.2. The van der Waals surface area contributed by atoms with Crippen LogP contribution in [0.15, 0.2) is 36.4 Å². The highest BCUT2D eigenvalue weighted by Gasteiger charge is 2.34. The molecule has 23 heavy (non-hydrogen) atoms. The molecule has 4 rings (SSSR count). The lowest BCUT2D eigenvalue weighted by Crippen LogP contribution is -2.22. The number of rotatable bonds is 0. The average Bonchev–Trinajstić information content (AvgIpc) is 2.51. The minimum absolute atomic E-state index is 0.442. The van der Waals surface area contributed by atoms with E-state index in [1.165, 1.54) is 24.0 Å². The van der Waals surface area contributed by atoms with Gasteiger partial charge in [-0.25, -0.2) is 0 Å². The lowest BCUT2D eigenvalue weighted by Gasteiger charge is -2.38. The second kappa shape index (κ2) is 5.92. The largest absolute Gasteiger partial charge is 0.508 e. The Hall–Kier alpha value is -1.96. The zero-order valence-electron chi connectivity index (χ0n) is 13.5. The van der Waals surface area contributed by atoms with Gasteiger partial charge >= 0.3 is 0 Å². The van der Waals surface area contributed by atoms with Crippen LogP contribution >= 0.6 is 0 Å². The van der Waals surface area contributed by atoms with Crippen LogP contribution < -0.4 is 0 Å². The molecule has 2 heteroatoms.